The van der Waals surface area contributed by atoms with Crippen LogP contribution in [0.1, 0.15) is 33.0 Å². The lowest BCUT2D eigenvalue weighted by Crippen LogP contribution is -2.26. The quantitative estimate of drug-likeness (QED) is 0.535. The van der Waals surface area contributed by atoms with Crippen molar-refractivity contribution < 1.29 is 14.0 Å². The summed E-state index contributed by atoms with van der Waals surface area (Å²) in [4.78, 5) is 25.5. The molecule has 0 aliphatic carbocycles. The van der Waals surface area contributed by atoms with Gasteiger partial charge in [-0.1, -0.05) is 18.2 Å². The zero-order valence-corrected chi connectivity index (χ0v) is 15.1. The smallest absolute Gasteiger partial charge is 0.220 e. The van der Waals surface area contributed by atoms with Crippen molar-refractivity contribution in [1.82, 2.24) is 5.32 Å². The van der Waals surface area contributed by atoms with Crippen LogP contribution in [0.15, 0.2) is 36.4 Å². The summed E-state index contributed by atoms with van der Waals surface area (Å²) in [6.45, 7) is 2.47. The van der Waals surface area contributed by atoms with Crippen LogP contribution in [0, 0.1) is 12.7 Å². The molecule has 24 heavy (non-hydrogen) atoms. The van der Waals surface area contributed by atoms with Crippen molar-refractivity contribution in [3.8, 4) is 0 Å². The van der Waals surface area contributed by atoms with E-state index in [9.17, 15) is 14.0 Å². The van der Waals surface area contributed by atoms with Crippen LogP contribution >= 0.6 is 23.1 Å². The van der Waals surface area contributed by atoms with Crippen molar-refractivity contribution in [1.29, 1.82) is 0 Å². The van der Waals surface area contributed by atoms with Gasteiger partial charge >= 0.3 is 0 Å². The maximum atomic E-state index is 13.4. The highest BCUT2D eigenvalue weighted by atomic mass is 32.2. The summed E-state index contributed by atoms with van der Waals surface area (Å²) >= 11 is 3.02. The van der Waals surface area contributed by atoms with Gasteiger partial charge in [-0.2, -0.15) is 11.8 Å². The van der Waals surface area contributed by atoms with Gasteiger partial charge in [0.15, 0.2) is 5.78 Å². The van der Waals surface area contributed by atoms with E-state index < -0.39 is 0 Å². The molecular formula is C18H20FNO2S2. The van der Waals surface area contributed by atoms with Crippen molar-refractivity contribution in [3.63, 3.8) is 0 Å². The molecule has 3 nitrogen and oxygen atoms in total. The number of carbonyl (C=O) groups excluding carboxylic acids is 2. The number of halogens is 1. The molecule has 0 saturated heterocycles. The molecule has 0 bridgehead atoms. The fourth-order valence-corrected chi connectivity index (χ4v) is 3.76. The van der Waals surface area contributed by atoms with E-state index in [0.29, 0.717) is 28.5 Å². The van der Waals surface area contributed by atoms with Gasteiger partial charge in [-0.25, -0.2) is 4.39 Å². The first kappa shape index (κ1) is 18.7. The van der Waals surface area contributed by atoms with Crippen LogP contribution in [0.4, 0.5) is 4.39 Å². The highest BCUT2D eigenvalue weighted by Gasteiger charge is 2.10. The Bertz CT molecular complexity index is 700. The van der Waals surface area contributed by atoms with E-state index in [2.05, 4.69) is 5.32 Å². The number of thiophene rings is 1. The molecule has 0 saturated carbocycles. The van der Waals surface area contributed by atoms with Gasteiger partial charge in [0.05, 0.1) is 4.88 Å². The molecule has 0 atom stereocenters. The number of amides is 1. The molecule has 0 radical (unpaired) electrons. The lowest BCUT2D eigenvalue weighted by atomic mass is 10.2. The van der Waals surface area contributed by atoms with E-state index >= 15 is 0 Å². The summed E-state index contributed by atoms with van der Waals surface area (Å²) in [5.41, 5.74) is 0.672. The number of Topliss-reactive ketones (excluding diaryl/α,β-unsaturated/α-hetero) is 1. The average molecular weight is 365 g/mol. The van der Waals surface area contributed by atoms with Crippen molar-refractivity contribution in [2.24, 2.45) is 0 Å². The van der Waals surface area contributed by atoms with Gasteiger partial charge in [0.25, 0.3) is 0 Å². The largest absolute Gasteiger partial charge is 0.355 e. The number of aryl methyl sites for hydroxylation is 1. The second kappa shape index (κ2) is 9.59. The average Bonchev–Trinajstić information content (AvgIpc) is 3.00. The summed E-state index contributed by atoms with van der Waals surface area (Å²) in [7, 11) is 0. The minimum absolute atomic E-state index is 0.0113. The monoisotopic (exact) mass is 365 g/mol. The summed E-state index contributed by atoms with van der Waals surface area (Å²) in [5, 5.41) is 2.79. The number of hydrogen-bond donors (Lipinski definition) is 1. The van der Waals surface area contributed by atoms with Gasteiger partial charge in [-0.05, 0) is 30.7 Å². The molecule has 6 heteroatoms. The molecule has 0 unspecified atom stereocenters. The third-order valence-electron chi connectivity index (χ3n) is 3.38. The lowest BCUT2D eigenvalue weighted by Gasteiger charge is -2.05. The van der Waals surface area contributed by atoms with Crippen molar-refractivity contribution in [2.45, 2.75) is 25.5 Å². The summed E-state index contributed by atoms with van der Waals surface area (Å²) in [6.07, 6.45) is 0.432. The Hall–Kier alpha value is -1.66. The number of hydrogen-bond acceptors (Lipinski definition) is 4. The minimum Gasteiger partial charge on any atom is -0.355 e. The van der Waals surface area contributed by atoms with Crippen LogP contribution in [0.25, 0.3) is 0 Å². The van der Waals surface area contributed by atoms with E-state index in [1.54, 1.807) is 30.0 Å². The van der Waals surface area contributed by atoms with Gasteiger partial charge in [-0.3, -0.25) is 9.59 Å². The number of ketones is 1. The predicted octanol–water partition coefficient (Wildman–Crippen LogP) is 4.21. The first-order chi connectivity index (χ1) is 11.6. The molecule has 2 rings (SSSR count). The van der Waals surface area contributed by atoms with Crippen LogP contribution in [-0.2, 0) is 10.5 Å². The third-order valence-corrected chi connectivity index (χ3v) is 5.43. The fourth-order valence-electron chi connectivity index (χ4n) is 2.08. The van der Waals surface area contributed by atoms with E-state index in [1.807, 2.05) is 19.1 Å². The summed E-state index contributed by atoms with van der Waals surface area (Å²) < 4.78 is 13.4. The first-order valence-electron chi connectivity index (χ1n) is 7.74. The molecule has 128 valence electrons. The van der Waals surface area contributed by atoms with E-state index in [0.717, 1.165) is 4.88 Å². The standard InChI is InChI=1S/C18H20FNO2S2/c1-13-6-8-17(24-13)16(21)7-9-18(22)20-10-11-23-12-14-4-2-3-5-15(14)19/h2-6,8H,7,9-12H2,1H3,(H,20,22). The number of nitrogens with one attached hydrogen (secondary N) is 1. The molecule has 2 aromatic rings. The Morgan fingerprint density at radius 3 is 2.67 bits per heavy atom. The third kappa shape index (κ3) is 6.09. The maximum Gasteiger partial charge on any atom is 0.220 e. The number of thioether (sulfide) groups is 1. The van der Waals surface area contributed by atoms with E-state index in [1.165, 1.54) is 17.4 Å². The summed E-state index contributed by atoms with van der Waals surface area (Å²) in [6, 6.07) is 10.4. The normalized spacial score (nSPS) is 10.6. The van der Waals surface area contributed by atoms with Crippen LogP contribution < -0.4 is 5.32 Å². The van der Waals surface area contributed by atoms with Gasteiger partial charge in [0.2, 0.25) is 5.91 Å². The second-order valence-corrected chi connectivity index (χ2v) is 7.72. The van der Waals surface area contributed by atoms with Crippen molar-refractivity contribution >= 4 is 34.8 Å². The van der Waals surface area contributed by atoms with E-state index in [4.69, 9.17) is 0 Å². The number of benzene rings is 1. The van der Waals surface area contributed by atoms with Crippen LogP contribution in [0.5, 0.6) is 0 Å². The van der Waals surface area contributed by atoms with Gasteiger partial charge in [0, 0.05) is 35.8 Å². The molecule has 1 amide bonds. The van der Waals surface area contributed by atoms with E-state index in [-0.39, 0.29) is 30.3 Å². The number of carbonyl (C=O) groups is 2. The Morgan fingerprint density at radius 2 is 1.96 bits per heavy atom. The van der Waals surface area contributed by atoms with Gasteiger partial charge < -0.3 is 5.32 Å². The van der Waals surface area contributed by atoms with Crippen LogP contribution in [0.3, 0.4) is 0 Å². The van der Waals surface area contributed by atoms with Gasteiger partial charge in [-0.15, -0.1) is 11.3 Å². The molecule has 0 fully saturated rings. The fraction of sp³-hybridized carbons (Fsp3) is 0.333. The molecule has 1 N–H and O–H groups in total. The highest BCUT2D eigenvalue weighted by molar-refractivity contribution is 7.98. The SMILES string of the molecule is Cc1ccc(C(=O)CCC(=O)NCCSCc2ccccc2F)s1. The molecule has 1 heterocycles. The Labute approximate surface area is 149 Å². The zero-order chi connectivity index (χ0) is 17.4. The zero-order valence-electron chi connectivity index (χ0n) is 13.5. The number of rotatable bonds is 9. The predicted molar refractivity (Wildman–Crippen MR) is 98.2 cm³/mol. The summed E-state index contributed by atoms with van der Waals surface area (Å²) in [5.74, 6) is 0.980. The van der Waals surface area contributed by atoms with Crippen molar-refractivity contribution in [3.05, 3.63) is 57.5 Å². The van der Waals surface area contributed by atoms with Crippen LogP contribution in [-0.4, -0.2) is 24.0 Å². The molecule has 1 aromatic heterocycles. The minimum atomic E-state index is -0.198. The molecule has 0 aliphatic heterocycles. The topological polar surface area (TPSA) is 46.2 Å². The van der Waals surface area contributed by atoms with Crippen molar-refractivity contribution in [2.75, 3.05) is 12.3 Å². The molecule has 1 aromatic carbocycles. The second-order valence-electron chi connectivity index (χ2n) is 5.33. The first-order valence-corrected chi connectivity index (χ1v) is 9.71. The van der Waals surface area contributed by atoms with Crippen LogP contribution in [0.2, 0.25) is 0 Å². The lowest BCUT2D eigenvalue weighted by molar-refractivity contribution is -0.120. The Balaban J connectivity index is 1.58. The highest BCUT2D eigenvalue weighted by Crippen LogP contribution is 2.17. The molecule has 0 aliphatic rings. The Morgan fingerprint density at radius 1 is 1.17 bits per heavy atom. The molecular weight excluding hydrogens is 345 g/mol. The maximum absolute atomic E-state index is 13.4. The molecule has 0 spiro atoms. The Kier molecular flexibility index (Phi) is 7.46. The van der Waals surface area contributed by atoms with Gasteiger partial charge in [0.1, 0.15) is 5.82 Å².